The summed E-state index contributed by atoms with van der Waals surface area (Å²) in [6.07, 6.45) is 0.486. The molecule has 5 nitrogen and oxygen atoms in total. The van der Waals surface area contributed by atoms with Gasteiger partial charge in [-0.15, -0.1) is 0 Å². The van der Waals surface area contributed by atoms with Crippen molar-refractivity contribution in [3.8, 4) is 11.5 Å². The number of carbonyl (C=O) groups is 1. The molecule has 0 spiro atoms. The first-order valence-corrected chi connectivity index (χ1v) is 6.96. The molecule has 3 N–H and O–H groups in total. The lowest BCUT2D eigenvalue weighted by atomic mass is 10.1. The molecule has 0 aliphatic rings. The van der Waals surface area contributed by atoms with Crippen molar-refractivity contribution >= 4 is 11.6 Å². The summed E-state index contributed by atoms with van der Waals surface area (Å²) in [5, 5.41) is 2.79. The van der Waals surface area contributed by atoms with Crippen molar-refractivity contribution in [1.29, 1.82) is 0 Å². The number of ether oxygens (including phenoxy) is 2. The summed E-state index contributed by atoms with van der Waals surface area (Å²) in [4.78, 5) is 12.2. The van der Waals surface area contributed by atoms with E-state index in [1.165, 1.54) is 0 Å². The van der Waals surface area contributed by atoms with E-state index >= 15 is 0 Å². The van der Waals surface area contributed by atoms with Crippen LogP contribution in [0.15, 0.2) is 48.5 Å². The number of rotatable bonds is 6. The predicted molar refractivity (Wildman–Crippen MR) is 86.3 cm³/mol. The van der Waals surface area contributed by atoms with Gasteiger partial charge in [-0.3, -0.25) is 4.79 Å². The van der Waals surface area contributed by atoms with Crippen LogP contribution in [0.25, 0.3) is 0 Å². The molecule has 1 atom stereocenters. The Bertz CT molecular complexity index is 629. The van der Waals surface area contributed by atoms with Gasteiger partial charge in [-0.05, 0) is 24.1 Å². The second-order valence-corrected chi connectivity index (χ2v) is 4.86. The van der Waals surface area contributed by atoms with Gasteiger partial charge in [-0.25, -0.2) is 0 Å². The van der Waals surface area contributed by atoms with Crippen LogP contribution >= 0.6 is 0 Å². The lowest BCUT2D eigenvalue weighted by molar-refractivity contribution is -0.117. The molecule has 2 aromatic rings. The van der Waals surface area contributed by atoms with Crippen molar-refractivity contribution in [3.05, 3.63) is 54.1 Å². The molecular formula is C17H20N2O3. The zero-order chi connectivity index (χ0) is 15.9. The topological polar surface area (TPSA) is 73.6 Å². The predicted octanol–water partition coefficient (Wildman–Crippen LogP) is 2.21. The first-order chi connectivity index (χ1) is 10.6. The van der Waals surface area contributed by atoms with Crippen molar-refractivity contribution in [2.75, 3.05) is 19.5 Å². The Hall–Kier alpha value is -2.53. The van der Waals surface area contributed by atoms with E-state index in [0.29, 0.717) is 23.6 Å². The smallest absolute Gasteiger partial charge is 0.241 e. The maximum absolute atomic E-state index is 12.2. The molecule has 0 aliphatic heterocycles. The molecule has 1 amide bonds. The molecule has 0 heterocycles. The Labute approximate surface area is 130 Å². The molecule has 0 bridgehead atoms. The Balaban J connectivity index is 2.02. The zero-order valence-corrected chi connectivity index (χ0v) is 12.7. The van der Waals surface area contributed by atoms with Crippen LogP contribution in [0.2, 0.25) is 0 Å². The van der Waals surface area contributed by atoms with Gasteiger partial charge in [0.15, 0.2) is 11.5 Å². The molecule has 0 aliphatic carbocycles. The molecule has 0 saturated heterocycles. The van der Waals surface area contributed by atoms with E-state index in [9.17, 15) is 4.79 Å². The Morgan fingerprint density at radius 1 is 1.09 bits per heavy atom. The van der Waals surface area contributed by atoms with Gasteiger partial charge >= 0.3 is 0 Å². The zero-order valence-electron chi connectivity index (χ0n) is 12.7. The summed E-state index contributed by atoms with van der Waals surface area (Å²) < 4.78 is 10.4. The highest BCUT2D eigenvalue weighted by molar-refractivity contribution is 5.95. The minimum absolute atomic E-state index is 0.240. The normalized spacial score (nSPS) is 11.6. The fourth-order valence-corrected chi connectivity index (χ4v) is 2.11. The highest BCUT2D eigenvalue weighted by atomic mass is 16.5. The van der Waals surface area contributed by atoms with Crippen LogP contribution in [0.5, 0.6) is 11.5 Å². The van der Waals surface area contributed by atoms with Crippen molar-refractivity contribution < 1.29 is 14.3 Å². The maximum Gasteiger partial charge on any atom is 0.241 e. The van der Waals surface area contributed by atoms with Gasteiger partial charge in [-0.1, -0.05) is 30.3 Å². The average Bonchev–Trinajstić information content (AvgIpc) is 2.55. The van der Waals surface area contributed by atoms with E-state index in [1.54, 1.807) is 32.4 Å². The highest BCUT2D eigenvalue weighted by Gasteiger charge is 2.15. The number of anilines is 1. The quantitative estimate of drug-likeness (QED) is 0.858. The number of nitrogens with one attached hydrogen (secondary N) is 1. The minimum atomic E-state index is -0.615. The monoisotopic (exact) mass is 300 g/mol. The molecule has 2 rings (SSSR count). The summed E-state index contributed by atoms with van der Waals surface area (Å²) in [5.74, 6) is 0.919. The Kier molecular flexibility index (Phi) is 5.38. The van der Waals surface area contributed by atoms with Crippen molar-refractivity contribution in [1.82, 2.24) is 0 Å². The Morgan fingerprint density at radius 2 is 1.77 bits per heavy atom. The second-order valence-electron chi connectivity index (χ2n) is 4.86. The molecule has 2 aromatic carbocycles. The summed E-state index contributed by atoms with van der Waals surface area (Å²) in [7, 11) is 3.11. The standard InChI is InChI=1S/C17H20N2O3/c1-21-15-9-8-13(11-16(15)22-2)19-17(20)14(18)10-12-6-4-3-5-7-12/h3-9,11,14H,10,18H2,1-2H3,(H,19,20)/t14-/m0/s1. The van der Waals surface area contributed by atoms with Crippen LogP contribution < -0.4 is 20.5 Å². The number of hydrogen-bond donors (Lipinski definition) is 2. The van der Waals surface area contributed by atoms with Crippen LogP contribution in [0.4, 0.5) is 5.69 Å². The first kappa shape index (κ1) is 15.9. The summed E-state index contributed by atoms with van der Waals surface area (Å²) in [6.45, 7) is 0. The number of hydrogen-bond acceptors (Lipinski definition) is 4. The molecule has 0 radical (unpaired) electrons. The first-order valence-electron chi connectivity index (χ1n) is 6.96. The van der Waals surface area contributed by atoms with Crippen LogP contribution in [-0.2, 0) is 11.2 Å². The average molecular weight is 300 g/mol. The lowest BCUT2D eigenvalue weighted by Crippen LogP contribution is -2.37. The number of methoxy groups -OCH3 is 2. The SMILES string of the molecule is COc1ccc(NC(=O)[C@@H](N)Cc2ccccc2)cc1OC. The molecule has 0 fully saturated rings. The van der Waals surface area contributed by atoms with Gasteiger partial charge < -0.3 is 20.5 Å². The van der Waals surface area contributed by atoms with Crippen LogP contribution in [0.3, 0.4) is 0 Å². The molecular weight excluding hydrogens is 280 g/mol. The van der Waals surface area contributed by atoms with E-state index in [-0.39, 0.29) is 5.91 Å². The molecule has 5 heteroatoms. The van der Waals surface area contributed by atoms with Gasteiger partial charge in [0, 0.05) is 11.8 Å². The van der Waals surface area contributed by atoms with E-state index in [4.69, 9.17) is 15.2 Å². The third kappa shape index (κ3) is 3.99. The van der Waals surface area contributed by atoms with Crippen LogP contribution in [-0.4, -0.2) is 26.2 Å². The summed E-state index contributed by atoms with van der Waals surface area (Å²) in [6, 6.07) is 14.2. The molecule has 116 valence electrons. The van der Waals surface area contributed by atoms with Crippen LogP contribution in [0, 0.1) is 0 Å². The Morgan fingerprint density at radius 3 is 2.41 bits per heavy atom. The summed E-state index contributed by atoms with van der Waals surface area (Å²) >= 11 is 0. The van der Waals surface area contributed by atoms with Gasteiger partial charge in [0.25, 0.3) is 0 Å². The third-order valence-electron chi connectivity index (χ3n) is 3.29. The van der Waals surface area contributed by atoms with Crippen molar-refractivity contribution in [3.63, 3.8) is 0 Å². The summed E-state index contributed by atoms with van der Waals surface area (Å²) in [5.41, 5.74) is 7.60. The van der Waals surface area contributed by atoms with Gasteiger partial charge in [0.1, 0.15) is 0 Å². The van der Waals surface area contributed by atoms with Gasteiger partial charge in [0.05, 0.1) is 20.3 Å². The second kappa shape index (κ2) is 7.47. The number of carbonyl (C=O) groups excluding carboxylic acids is 1. The van der Waals surface area contributed by atoms with Crippen molar-refractivity contribution in [2.24, 2.45) is 5.73 Å². The van der Waals surface area contributed by atoms with E-state index in [0.717, 1.165) is 5.56 Å². The third-order valence-corrected chi connectivity index (χ3v) is 3.29. The largest absolute Gasteiger partial charge is 0.493 e. The molecule has 0 saturated carbocycles. The van der Waals surface area contributed by atoms with Gasteiger partial charge in [-0.2, -0.15) is 0 Å². The van der Waals surface area contributed by atoms with Crippen molar-refractivity contribution in [2.45, 2.75) is 12.5 Å². The van der Waals surface area contributed by atoms with E-state index in [1.807, 2.05) is 30.3 Å². The fourth-order valence-electron chi connectivity index (χ4n) is 2.11. The minimum Gasteiger partial charge on any atom is -0.493 e. The molecule has 0 unspecified atom stereocenters. The fraction of sp³-hybridized carbons (Fsp3) is 0.235. The number of benzene rings is 2. The van der Waals surface area contributed by atoms with Gasteiger partial charge in [0.2, 0.25) is 5.91 Å². The molecule has 0 aromatic heterocycles. The number of nitrogens with two attached hydrogens (primary N) is 1. The van der Waals surface area contributed by atoms with E-state index in [2.05, 4.69) is 5.32 Å². The maximum atomic E-state index is 12.2. The van der Waals surface area contributed by atoms with E-state index < -0.39 is 6.04 Å². The molecule has 22 heavy (non-hydrogen) atoms. The lowest BCUT2D eigenvalue weighted by Gasteiger charge is -2.14. The van der Waals surface area contributed by atoms with Crippen LogP contribution in [0.1, 0.15) is 5.56 Å². The highest BCUT2D eigenvalue weighted by Crippen LogP contribution is 2.29. The number of amides is 1.